The SMILES string of the molecule is CC1(C)c2ccccc2-c2c1ccc1c2-c2cc(-c3cccc(-c4c5ccccc5c(-c5ccccc5)c5ccccc45)c3)ccc2C1(C)C. The molecule has 0 saturated carbocycles. The summed E-state index contributed by atoms with van der Waals surface area (Å²) in [6.07, 6.45) is 0. The fourth-order valence-electron chi connectivity index (χ4n) is 9.43. The molecule has 10 rings (SSSR count). The van der Waals surface area contributed by atoms with E-state index >= 15 is 0 Å². The minimum atomic E-state index is -0.0694. The molecule has 0 heteroatoms. The Hall–Kier alpha value is -5.72. The van der Waals surface area contributed by atoms with Gasteiger partial charge in [-0.1, -0.05) is 173 Å². The molecule has 0 bridgehead atoms. The summed E-state index contributed by atoms with van der Waals surface area (Å²) in [5, 5.41) is 5.13. The first-order valence-electron chi connectivity index (χ1n) is 17.9. The van der Waals surface area contributed by atoms with Crippen molar-refractivity contribution in [1.82, 2.24) is 0 Å². The monoisotopic (exact) mass is 638 g/mol. The van der Waals surface area contributed by atoms with E-state index in [4.69, 9.17) is 0 Å². The molecule has 0 aliphatic heterocycles. The third-order valence-electron chi connectivity index (χ3n) is 11.9. The van der Waals surface area contributed by atoms with Gasteiger partial charge in [0.05, 0.1) is 0 Å². The topological polar surface area (TPSA) is 0 Å². The van der Waals surface area contributed by atoms with Crippen LogP contribution >= 0.6 is 0 Å². The standard InChI is InChI=1S/C50H38/c1-49(2)41-24-13-12-23-39(41)47-43(49)27-28-44-48(47)40-30-33(25-26-42(40)50(44,3)4)32-17-14-18-34(29-32)46-37-21-10-8-19-35(37)45(31-15-6-5-7-16-31)36-20-9-11-22-38(36)46/h5-30H,1-4H3. The normalized spacial score (nSPS) is 14.7. The van der Waals surface area contributed by atoms with Crippen molar-refractivity contribution in [1.29, 1.82) is 0 Å². The number of hydrogen-bond acceptors (Lipinski definition) is 0. The highest BCUT2D eigenvalue weighted by Crippen LogP contribution is 2.59. The maximum atomic E-state index is 2.48. The van der Waals surface area contributed by atoms with Gasteiger partial charge < -0.3 is 0 Å². The Bertz CT molecular complexity index is 2630. The summed E-state index contributed by atoms with van der Waals surface area (Å²) < 4.78 is 0. The van der Waals surface area contributed by atoms with Crippen molar-refractivity contribution < 1.29 is 0 Å². The third-order valence-corrected chi connectivity index (χ3v) is 11.9. The predicted octanol–water partition coefficient (Wildman–Crippen LogP) is 13.6. The molecule has 50 heavy (non-hydrogen) atoms. The van der Waals surface area contributed by atoms with E-state index in [0.29, 0.717) is 0 Å². The fraction of sp³-hybridized carbons (Fsp3) is 0.120. The average molecular weight is 639 g/mol. The Morgan fingerprint density at radius 2 is 0.720 bits per heavy atom. The maximum absolute atomic E-state index is 2.48. The smallest absolute Gasteiger partial charge is 0.0159 e. The van der Waals surface area contributed by atoms with Crippen LogP contribution in [0.15, 0.2) is 158 Å². The van der Waals surface area contributed by atoms with Gasteiger partial charge >= 0.3 is 0 Å². The van der Waals surface area contributed by atoms with Crippen LogP contribution in [-0.2, 0) is 10.8 Å². The van der Waals surface area contributed by atoms with Crippen molar-refractivity contribution >= 4 is 21.5 Å². The van der Waals surface area contributed by atoms with Crippen molar-refractivity contribution in [2.75, 3.05) is 0 Å². The molecule has 0 N–H and O–H groups in total. The fourth-order valence-corrected chi connectivity index (χ4v) is 9.43. The van der Waals surface area contributed by atoms with E-state index in [2.05, 4.69) is 185 Å². The summed E-state index contributed by atoms with van der Waals surface area (Å²) >= 11 is 0. The van der Waals surface area contributed by atoms with E-state index in [1.165, 1.54) is 99.4 Å². The molecule has 2 aliphatic rings. The highest BCUT2D eigenvalue weighted by molar-refractivity contribution is 6.21. The molecule has 0 heterocycles. The molecule has 0 aromatic heterocycles. The lowest BCUT2D eigenvalue weighted by Gasteiger charge is -2.24. The summed E-state index contributed by atoms with van der Waals surface area (Å²) in [4.78, 5) is 0. The summed E-state index contributed by atoms with van der Waals surface area (Å²) in [6, 6.07) is 59.0. The summed E-state index contributed by atoms with van der Waals surface area (Å²) in [5.74, 6) is 0. The molecule has 0 atom stereocenters. The van der Waals surface area contributed by atoms with Crippen LogP contribution < -0.4 is 0 Å². The lowest BCUT2D eigenvalue weighted by atomic mass is 9.79. The summed E-state index contributed by atoms with van der Waals surface area (Å²) in [7, 11) is 0. The van der Waals surface area contributed by atoms with Gasteiger partial charge in [-0.15, -0.1) is 0 Å². The molecular formula is C50H38. The second-order valence-electron chi connectivity index (χ2n) is 15.3. The summed E-state index contributed by atoms with van der Waals surface area (Å²) in [6.45, 7) is 9.55. The van der Waals surface area contributed by atoms with E-state index in [1.807, 2.05) is 0 Å². The molecule has 2 aliphatic carbocycles. The zero-order chi connectivity index (χ0) is 33.8. The van der Waals surface area contributed by atoms with Crippen LogP contribution in [0.2, 0.25) is 0 Å². The lowest BCUT2D eigenvalue weighted by molar-refractivity contribution is 0.651. The Balaban J connectivity index is 1.18. The first kappa shape index (κ1) is 29.2. The molecule has 8 aromatic carbocycles. The quantitative estimate of drug-likeness (QED) is 0.169. The largest absolute Gasteiger partial charge is 0.0622 e. The summed E-state index contributed by atoms with van der Waals surface area (Å²) in [5.41, 5.74) is 18.8. The molecule has 0 fully saturated rings. The van der Waals surface area contributed by atoms with Gasteiger partial charge in [-0.25, -0.2) is 0 Å². The van der Waals surface area contributed by atoms with Crippen LogP contribution in [0, 0.1) is 0 Å². The molecule has 238 valence electrons. The second-order valence-corrected chi connectivity index (χ2v) is 15.3. The minimum absolute atomic E-state index is 0.0264. The van der Waals surface area contributed by atoms with Gasteiger partial charge in [0.1, 0.15) is 0 Å². The highest BCUT2D eigenvalue weighted by atomic mass is 14.5. The molecule has 0 saturated heterocycles. The number of fused-ring (bicyclic) bond motifs is 9. The molecular weight excluding hydrogens is 601 g/mol. The van der Waals surface area contributed by atoms with Crippen LogP contribution in [0.25, 0.3) is 77.2 Å². The van der Waals surface area contributed by atoms with E-state index in [-0.39, 0.29) is 10.8 Å². The van der Waals surface area contributed by atoms with Crippen molar-refractivity contribution in [3.8, 4) is 55.6 Å². The van der Waals surface area contributed by atoms with E-state index in [1.54, 1.807) is 0 Å². The van der Waals surface area contributed by atoms with Gasteiger partial charge in [0, 0.05) is 10.8 Å². The van der Waals surface area contributed by atoms with Gasteiger partial charge in [-0.2, -0.15) is 0 Å². The van der Waals surface area contributed by atoms with Crippen molar-refractivity contribution in [2.24, 2.45) is 0 Å². The van der Waals surface area contributed by atoms with Crippen molar-refractivity contribution in [3.63, 3.8) is 0 Å². The molecule has 8 aromatic rings. The molecule has 0 unspecified atom stereocenters. The third kappa shape index (κ3) is 3.94. The first-order valence-corrected chi connectivity index (χ1v) is 17.9. The molecule has 0 nitrogen and oxygen atoms in total. The maximum Gasteiger partial charge on any atom is 0.0159 e. The number of benzene rings is 8. The Labute approximate surface area is 294 Å². The van der Waals surface area contributed by atoms with Gasteiger partial charge in [-0.3, -0.25) is 0 Å². The second kappa shape index (κ2) is 10.4. The van der Waals surface area contributed by atoms with E-state index in [0.717, 1.165) is 0 Å². The first-order chi connectivity index (χ1) is 24.3. The zero-order valence-corrected chi connectivity index (χ0v) is 29.0. The van der Waals surface area contributed by atoms with Gasteiger partial charge in [0.25, 0.3) is 0 Å². The number of rotatable bonds is 3. The number of hydrogen-bond donors (Lipinski definition) is 0. The van der Waals surface area contributed by atoms with Crippen LogP contribution in [0.1, 0.15) is 49.9 Å². The van der Waals surface area contributed by atoms with Crippen molar-refractivity contribution in [2.45, 2.75) is 38.5 Å². The van der Waals surface area contributed by atoms with Gasteiger partial charge in [-0.05, 0) is 112 Å². The van der Waals surface area contributed by atoms with Crippen LogP contribution in [0.3, 0.4) is 0 Å². The Kier molecular flexibility index (Phi) is 6.07. The predicted molar refractivity (Wildman–Crippen MR) is 213 cm³/mol. The van der Waals surface area contributed by atoms with Crippen molar-refractivity contribution in [3.05, 3.63) is 180 Å². The Morgan fingerprint density at radius 3 is 1.36 bits per heavy atom. The van der Waals surface area contributed by atoms with Crippen LogP contribution in [0.4, 0.5) is 0 Å². The average Bonchev–Trinajstić information content (AvgIpc) is 3.53. The highest BCUT2D eigenvalue weighted by Gasteiger charge is 2.43. The van der Waals surface area contributed by atoms with Crippen LogP contribution in [-0.4, -0.2) is 0 Å². The Morgan fingerprint density at radius 1 is 0.280 bits per heavy atom. The lowest BCUT2D eigenvalue weighted by Crippen LogP contribution is -2.17. The van der Waals surface area contributed by atoms with Gasteiger partial charge in [0.2, 0.25) is 0 Å². The van der Waals surface area contributed by atoms with Gasteiger partial charge in [0.15, 0.2) is 0 Å². The van der Waals surface area contributed by atoms with E-state index in [9.17, 15) is 0 Å². The van der Waals surface area contributed by atoms with E-state index < -0.39 is 0 Å². The minimum Gasteiger partial charge on any atom is -0.0622 e. The molecule has 0 amide bonds. The molecule has 0 spiro atoms. The zero-order valence-electron chi connectivity index (χ0n) is 29.0. The van der Waals surface area contributed by atoms with Crippen LogP contribution in [0.5, 0.6) is 0 Å². The molecule has 0 radical (unpaired) electrons.